The number of phenols is 1. The lowest BCUT2D eigenvalue weighted by Crippen LogP contribution is -2.50. The molecule has 0 bridgehead atoms. The predicted octanol–water partition coefficient (Wildman–Crippen LogP) is 4.06. The van der Waals surface area contributed by atoms with Gasteiger partial charge in [0.25, 0.3) is 0 Å². The Morgan fingerprint density at radius 1 is 0.960 bits per heavy atom. The van der Waals surface area contributed by atoms with Gasteiger partial charge < -0.3 is 40.2 Å². The summed E-state index contributed by atoms with van der Waals surface area (Å²) < 4.78 is 16.9. The maximum Gasteiger partial charge on any atom is 0.407 e. The molecule has 2 amide bonds. The fourth-order valence-electron chi connectivity index (χ4n) is 6.57. The van der Waals surface area contributed by atoms with E-state index in [0.717, 1.165) is 44.0 Å². The van der Waals surface area contributed by atoms with Crippen molar-refractivity contribution in [2.75, 3.05) is 39.5 Å². The summed E-state index contributed by atoms with van der Waals surface area (Å²) in [6.07, 6.45) is -0.658. The second kappa shape index (κ2) is 16.7. The smallest absolute Gasteiger partial charge is 0.407 e. The molecule has 0 spiro atoms. The lowest BCUT2D eigenvalue weighted by atomic mass is 9.88. The Hall–Kier alpha value is -4.16. The second-order valence-electron chi connectivity index (χ2n) is 14.2. The molecule has 3 aromatic rings. The van der Waals surface area contributed by atoms with E-state index in [2.05, 4.69) is 15.5 Å². The van der Waals surface area contributed by atoms with E-state index in [0.29, 0.717) is 36.3 Å². The Kier molecular flexibility index (Phi) is 12.4. The van der Waals surface area contributed by atoms with Gasteiger partial charge in [0.05, 0.1) is 25.4 Å². The monoisotopic (exact) mass is 689 g/mol. The fourth-order valence-corrected chi connectivity index (χ4v) is 6.57. The van der Waals surface area contributed by atoms with Gasteiger partial charge in [-0.3, -0.25) is 9.69 Å². The third kappa shape index (κ3) is 10.4. The number of benzene rings is 3. The number of ether oxygens (including phenoxy) is 3. The molecule has 5 N–H and O–H groups in total. The van der Waals surface area contributed by atoms with Gasteiger partial charge in [0.1, 0.15) is 23.7 Å². The largest absolute Gasteiger partial charge is 0.508 e. The van der Waals surface area contributed by atoms with E-state index in [1.54, 1.807) is 39.0 Å². The highest BCUT2D eigenvalue weighted by molar-refractivity contribution is 5.80. The number of fused-ring (bicyclic) bond motifs is 1. The molecular weight excluding hydrogens is 638 g/mol. The van der Waals surface area contributed by atoms with Gasteiger partial charge in [0.15, 0.2) is 5.72 Å². The number of aliphatic hydroxyl groups is 2. The summed E-state index contributed by atoms with van der Waals surface area (Å²) in [6, 6.07) is 21.1. The molecule has 5 rings (SSSR count). The van der Waals surface area contributed by atoms with Crippen LogP contribution in [0.3, 0.4) is 0 Å². The van der Waals surface area contributed by atoms with Crippen molar-refractivity contribution in [3.63, 3.8) is 0 Å². The van der Waals surface area contributed by atoms with Crippen LogP contribution >= 0.6 is 0 Å². The normalized spacial score (nSPS) is 19.5. The average Bonchev–Trinajstić information content (AvgIpc) is 3.41. The van der Waals surface area contributed by atoms with E-state index in [9.17, 15) is 24.9 Å². The summed E-state index contributed by atoms with van der Waals surface area (Å²) >= 11 is 0. The van der Waals surface area contributed by atoms with Gasteiger partial charge in [-0.15, -0.1) is 0 Å². The number of nitrogens with zero attached hydrogens (tertiary/aromatic N) is 1. The lowest BCUT2D eigenvalue weighted by molar-refractivity contribution is -0.134. The SMILES string of the molecule is CC(C)(C)OC(=O)NC(Cc1ccccc1)C(O)CC(Cc1ccc(OCCN2CCOCC2)cc1)C(=O)N[C@@]1(O)CCc2c(O)cccc21. The highest BCUT2D eigenvalue weighted by Gasteiger charge is 2.41. The number of amides is 2. The number of carbonyl (C=O) groups is 2. The summed E-state index contributed by atoms with van der Waals surface area (Å²) in [5, 5.41) is 39.4. The zero-order chi connectivity index (χ0) is 35.7. The average molecular weight is 690 g/mol. The van der Waals surface area contributed by atoms with Crippen molar-refractivity contribution in [1.29, 1.82) is 0 Å². The van der Waals surface area contributed by atoms with Crippen LogP contribution in [0.15, 0.2) is 72.8 Å². The molecule has 270 valence electrons. The molecular formula is C39H51N3O8. The molecule has 0 radical (unpaired) electrons. The van der Waals surface area contributed by atoms with Crippen LogP contribution in [0.25, 0.3) is 0 Å². The predicted molar refractivity (Wildman–Crippen MR) is 189 cm³/mol. The molecule has 0 aromatic heterocycles. The third-order valence-corrected chi connectivity index (χ3v) is 9.21. The highest BCUT2D eigenvalue weighted by atomic mass is 16.6. The molecule has 0 saturated carbocycles. The lowest BCUT2D eigenvalue weighted by Gasteiger charge is -2.31. The van der Waals surface area contributed by atoms with Gasteiger partial charge in [0.2, 0.25) is 5.91 Å². The van der Waals surface area contributed by atoms with Crippen molar-refractivity contribution < 1.29 is 39.1 Å². The van der Waals surface area contributed by atoms with Gasteiger partial charge in [-0.25, -0.2) is 4.79 Å². The van der Waals surface area contributed by atoms with Crippen LogP contribution in [-0.4, -0.2) is 89.4 Å². The van der Waals surface area contributed by atoms with Crippen molar-refractivity contribution >= 4 is 12.0 Å². The minimum Gasteiger partial charge on any atom is -0.508 e. The maximum atomic E-state index is 14.1. The van der Waals surface area contributed by atoms with Crippen molar-refractivity contribution in [3.05, 3.63) is 95.1 Å². The fraction of sp³-hybridized carbons (Fsp3) is 0.487. The number of nitrogens with one attached hydrogen (secondary N) is 2. The van der Waals surface area contributed by atoms with Crippen LogP contribution in [0, 0.1) is 5.92 Å². The molecule has 1 aliphatic heterocycles. The van der Waals surface area contributed by atoms with E-state index in [-0.39, 0.29) is 25.0 Å². The van der Waals surface area contributed by atoms with E-state index >= 15 is 0 Å². The Balaban J connectivity index is 1.33. The number of hydrogen-bond acceptors (Lipinski definition) is 9. The number of alkyl carbamates (subject to hydrolysis) is 1. The standard InChI is InChI=1S/C39H51N3O8/c1-38(2,3)50-37(46)40-33(25-27-8-5-4-6-9-27)35(44)26-29(36(45)41-39(47)17-16-31-32(39)10-7-11-34(31)43)24-28-12-14-30(15-13-28)49-23-20-42-18-21-48-22-19-42/h4-15,29,33,35,43-44,47H,16-26H2,1-3H3,(H,40,46)(H,41,45)/t29?,33?,35?,39-/m1/s1. The summed E-state index contributed by atoms with van der Waals surface area (Å²) in [6.45, 7) is 9.88. The molecule has 1 heterocycles. The third-order valence-electron chi connectivity index (χ3n) is 9.21. The Labute approximate surface area is 294 Å². The van der Waals surface area contributed by atoms with Gasteiger partial charge in [-0.2, -0.15) is 0 Å². The number of aliphatic hydroxyl groups excluding tert-OH is 1. The molecule has 4 atom stereocenters. The quantitative estimate of drug-likeness (QED) is 0.158. The summed E-state index contributed by atoms with van der Waals surface area (Å²) in [7, 11) is 0. The molecule has 1 saturated heterocycles. The zero-order valence-electron chi connectivity index (χ0n) is 29.3. The van der Waals surface area contributed by atoms with Gasteiger partial charge in [-0.1, -0.05) is 54.6 Å². The Morgan fingerprint density at radius 3 is 2.36 bits per heavy atom. The first kappa shape index (κ1) is 37.1. The van der Waals surface area contributed by atoms with Gasteiger partial charge in [-0.05, 0) is 75.8 Å². The van der Waals surface area contributed by atoms with Gasteiger partial charge >= 0.3 is 6.09 Å². The van der Waals surface area contributed by atoms with E-state index in [1.165, 1.54) is 0 Å². The number of phenolic OH excluding ortho intramolecular Hbond substituents is 1. The minimum atomic E-state index is -1.68. The Morgan fingerprint density at radius 2 is 1.66 bits per heavy atom. The minimum absolute atomic E-state index is 0.0140. The Bertz CT molecular complexity index is 1560. The van der Waals surface area contributed by atoms with E-state index < -0.39 is 41.4 Å². The van der Waals surface area contributed by atoms with Crippen molar-refractivity contribution in [3.8, 4) is 11.5 Å². The summed E-state index contributed by atoms with van der Waals surface area (Å²) in [5.74, 6) is -0.459. The van der Waals surface area contributed by atoms with Crippen LogP contribution in [-0.2, 0) is 39.3 Å². The number of morpholine rings is 1. The first-order valence-electron chi connectivity index (χ1n) is 17.5. The van der Waals surface area contributed by atoms with E-state index in [4.69, 9.17) is 14.2 Å². The molecule has 1 fully saturated rings. The molecule has 2 aliphatic rings. The number of carbonyl (C=O) groups excluding carboxylic acids is 2. The molecule has 3 aromatic carbocycles. The topological polar surface area (TPSA) is 150 Å². The summed E-state index contributed by atoms with van der Waals surface area (Å²) in [5.41, 5.74) is 0.376. The van der Waals surface area contributed by atoms with Crippen LogP contribution in [0.1, 0.15) is 55.9 Å². The molecule has 11 nitrogen and oxygen atoms in total. The summed E-state index contributed by atoms with van der Waals surface area (Å²) in [4.78, 5) is 29.3. The van der Waals surface area contributed by atoms with Crippen LogP contribution in [0.2, 0.25) is 0 Å². The second-order valence-corrected chi connectivity index (χ2v) is 14.2. The first-order valence-corrected chi connectivity index (χ1v) is 17.5. The van der Waals surface area contributed by atoms with Crippen LogP contribution in [0.4, 0.5) is 4.79 Å². The molecule has 11 heteroatoms. The number of hydrogen-bond donors (Lipinski definition) is 5. The molecule has 50 heavy (non-hydrogen) atoms. The van der Waals surface area contributed by atoms with Gasteiger partial charge in [0, 0.05) is 43.1 Å². The maximum absolute atomic E-state index is 14.1. The van der Waals surface area contributed by atoms with Crippen LogP contribution < -0.4 is 15.4 Å². The molecule has 1 aliphatic carbocycles. The first-order chi connectivity index (χ1) is 23.9. The number of aromatic hydroxyl groups is 1. The van der Waals surface area contributed by atoms with Crippen LogP contribution in [0.5, 0.6) is 11.5 Å². The highest BCUT2D eigenvalue weighted by Crippen LogP contribution is 2.39. The van der Waals surface area contributed by atoms with Crippen molar-refractivity contribution in [2.45, 2.75) is 76.3 Å². The van der Waals surface area contributed by atoms with E-state index in [1.807, 2.05) is 54.6 Å². The van der Waals surface area contributed by atoms with Crippen molar-refractivity contribution in [2.24, 2.45) is 5.92 Å². The zero-order valence-corrected chi connectivity index (χ0v) is 29.3. The number of rotatable bonds is 14. The van der Waals surface area contributed by atoms with Crippen molar-refractivity contribution in [1.82, 2.24) is 15.5 Å². The molecule has 3 unspecified atom stereocenters.